The third kappa shape index (κ3) is 5.29. The van der Waals surface area contributed by atoms with Crippen LogP contribution in [-0.4, -0.2) is 5.78 Å². The van der Waals surface area contributed by atoms with Crippen LogP contribution in [0.4, 0.5) is 0 Å². The van der Waals surface area contributed by atoms with E-state index in [4.69, 9.17) is 0 Å². The summed E-state index contributed by atoms with van der Waals surface area (Å²) in [4.78, 5) is 10.8. The summed E-state index contributed by atoms with van der Waals surface area (Å²) in [5.74, 6) is 0.186. The quantitative estimate of drug-likeness (QED) is 0.431. The van der Waals surface area contributed by atoms with Crippen LogP contribution in [0, 0.1) is 0 Å². The Labute approximate surface area is 62.4 Å². The van der Waals surface area contributed by atoms with Crippen molar-refractivity contribution in [1.82, 2.24) is 0 Å². The molecule has 1 heteroatoms. The summed E-state index contributed by atoms with van der Waals surface area (Å²) >= 11 is 0. The highest BCUT2D eigenvalue weighted by molar-refractivity contribution is 5.89. The van der Waals surface area contributed by atoms with Crippen LogP contribution >= 0.6 is 0 Å². The number of ketones is 1. The number of carbonyl (C=O) groups excluding carboxylic acids is 1. The molecule has 56 valence electrons. The molecule has 0 amide bonds. The zero-order chi connectivity index (χ0) is 7.98. The molecular weight excluding hydrogens is 124 g/mol. The number of hydrogen-bond acceptors (Lipinski definition) is 1. The van der Waals surface area contributed by atoms with E-state index in [1.165, 1.54) is 0 Å². The highest BCUT2D eigenvalue weighted by Gasteiger charge is 1.90. The number of carbonyl (C=O) groups is 1. The van der Waals surface area contributed by atoms with Gasteiger partial charge in [-0.1, -0.05) is 25.2 Å². The molecule has 0 bridgehead atoms. The Morgan fingerprint density at radius 2 is 2.10 bits per heavy atom. The Bertz CT molecular complexity index is 154. The molecule has 0 aliphatic heterocycles. The highest BCUT2D eigenvalue weighted by Crippen LogP contribution is 1.94. The van der Waals surface area contributed by atoms with Gasteiger partial charge in [-0.3, -0.25) is 4.79 Å². The first-order chi connectivity index (χ1) is 4.66. The van der Waals surface area contributed by atoms with E-state index in [0.29, 0.717) is 6.42 Å². The van der Waals surface area contributed by atoms with Gasteiger partial charge in [0.1, 0.15) is 0 Å². The molecule has 0 rings (SSSR count). The molecular formula is C9H14O. The zero-order valence-electron chi connectivity index (χ0n) is 6.68. The topological polar surface area (TPSA) is 17.1 Å². The zero-order valence-corrected chi connectivity index (χ0v) is 6.68. The first kappa shape index (κ1) is 9.15. The molecule has 0 aliphatic carbocycles. The summed E-state index contributed by atoms with van der Waals surface area (Å²) in [7, 11) is 0. The van der Waals surface area contributed by atoms with E-state index in [0.717, 1.165) is 12.0 Å². The Hall–Kier alpha value is -0.850. The van der Waals surface area contributed by atoms with Gasteiger partial charge in [0.25, 0.3) is 0 Å². The molecule has 0 fully saturated rings. The lowest BCUT2D eigenvalue weighted by Gasteiger charge is -1.87. The van der Waals surface area contributed by atoms with Gasteiger partial charge in [0, 0.05) is 6.42 Å². The third-order valence-corrected chi connectivity index (χ3v) is 1.05. The van der Waals surface area contributed by atoms with Gasteiger partial charge in [-0.05, 0) is 19.4 Å². The van der Waals surface area contributed by atoms with Crippen molar-refractivity contribution in [2.75, 3.05) is 0 Å². The maximum absolute atomic E-state index is 10.8. The minimum Gasteiger partial charge on any atom is -0.295 e. The Morgan fingerprint density at radius 3 is 2.50 bits per heavy atom. The van der Waals surface area contributed by atoms with E-state index in [1.807, 2.05) is 13.8 Å². The standard InChI is InChI=1S/C9H14O/c1-4-5-9(10)7-6-8(2)3/h6-7H,2,4-5H2,1,3H3/b7-6-. The molecule has 0 spiro atoms. The predicted octanol–water partition coefficient (Wildman–Crippen LogP) is 2.49. The number of hydrogen-bond donors (Lipinski definition) is 0. The van der Waals surface area contributed by atoms with Crippen molar-refractivity contribution < 1.29 is 4.79 Å². The Kier molecular flexibility index (Phi) is 4.55. The van der Waals surface area contributed by atoms with E-state index in [2.05, 4.69) is 6.58 Å². The first-order valence-electron chi connectivity index (χ1n) is 3.53. The molecule has 0 saturated heterocycles. The van der Waals surface area contributed by atoms with Crippen molar-refractivity contribution >= 4 is 5.78 Å². The highest BCUT2D eigenvalue weighted by atomic mass is 16.1. The lowest BCUT2D eigenvalue weighted by atomic mass is 10.2. The monoisotopic (exact) mass is 138 g/mol. The Balaban J connectivity index is 3.67. The van der Waals surface area contributed by atoms with Gasteiger partial charge in [-0.25, -0.2) is 0 Å². The van der Waals surface area contributed by atoms with Crippen molar-refractivity contribution in [3.8, 4) is 0 Å². The van der Waals surface area contributed by atoms with Gasteiger partial charge >= 0.3 is 0 Å². The molecule has 0 atom stereocenters. The molecule has 0 aliphatic rings. The summed E-state index contributed by atoms with van der Waals surface area (Å²) in [5, 5.41) is 0. The Morgan fingerprint density at radius 1 is 1.50 bits per heavy atom. The van der Waals surface area contributed by atoms with Gasteiger partial charge in [0.2, 0.25) is 0 Å². The number of allylic oxidation sites excluding steroid dienone is 3. The van der Waals surface area contributed by atoms with Gasteiger partial charge in [-0.2, -0.15) is 0 Å². The van der Waals surface area contributed by atoms with E-state index in [-0.39, 0.29) is 5.78 Å². The summed E-state index contributed by atoms with van der Waals surface area (Å²) < 4.78 is 0. The van der Waals surface area contributed by atoms with Crippen LogP contribution in [0.1, 0.15) is 26.7 Å². The smallest absolute Gasteiger partial charge is 0.155 e. The summed E-state index contributed by atoms with van der Waals surface area (Å²) in [5.41, 5.74) is 0.921. The first-order valence-corrected chi connectivity index (χ1v) is 3.53. The van der Waals surface area contributed by atoms with E-state index in [1.54, 1.807) is 12.2 Å². The largest absolute Gasteiger partial charge is 0.295 e. The van der Waals surface area contributed by atoms with Crippen LogP contribution in [-0.2, 0) is 4.79 Å². The van der Waals surface area contributed by atoms with Gasteiger partial charge in [0.05, 0.1) is 0 Å². The second-order valence-corrected chi connectivity index (χ2v) is 2.40. The lowest BCUT2D eigenvalue weighted by molar-refractivity contribution is -0.114. The molecule has 0 aromatic rings. The summed E-state index contributed by atoms with van der Waals surface area (Å²) in [6.45, 7) is 7.51. The number of rotatable bonds is 4. The maximum atomic E-state index is 10.8. The summed E-state index contributed by atoms with van der Waals surface area (Å²) in [6, 6.07) is 0. The van der Waals surface area contributed by atoms with E-state index >= 15 is 0 Å². The molecule has 10 heavy (non-hydrogen) atoms. The average Bonchev–Trinajstić information content (AvgIpc) is 1.85. The van der Waals surface area contributed by atoms with Crippen LogP contribution in [0.2, 0.25) is 0 Å². The van der Waals surface area contributed by atoms with Crippen LogP contribution in [0.3, 0.4) is 0 Å². The van der Waals surface area contributed by atoms with Crippen molar-refractivity contribution in [3.63, 3.8) is 0 Å². The molecule has 0 aromatic heterocycles. The van der Waals surface area contributed by atoms with E-state index in [9.17, 15) is 4.79 Å². The molecule has 0 heterocycles. The average molecular weight is 138 g/mol. The minimum absolute atomic E-state index is 0.186. The predicted molar refractivity (Wildman–Crippen MR) is 43.9 cm³/mol. The van der Waals surface area contributed by atoms with E-state index < -0.39 is 0 Å². The van der Waals surface area contributed by atoms with Gasteiger partial charge in [0.15, 0.2) is 5.78 Å². The second kappa shape index (κ2) is 4.98. The second-order valence-electron chi connectivity index (χ2n) is 2.40. The molecule has 0 saturated carbocycles. The van der Waals surface area contributed by atoms with Crippen LogP contribution in [0.15, 0.2) is 24.3 Å². The minimum atomic E-state index is 0.186. The normalized spacial score (nSPS) is 10.2. The summed E-state index contributed by atoms with van der Waals surface area (Å²) in [6.07, 6.45) is 4.90. The molecule has 0 N–H and O–H groups in total. The molecule has 0 unspecified atom stereocenters. The van der Waals surface area contributed by atoms with Crippen molar-refractivity contribution in [2.24, 2.45) is 0 Å². The SMILES string of the molecule is C=C(C)/C=C\C(=O)CCC. The molecule has 0 aromatic carbocycles. The fourth-order valence-corrected chi connectivity index (χ4v) is 0.565. The fraction of sp³-hybridized carbons (Fsp3) is 0.444. The molecule has 1 nitrogen and oxygen atoms in total. The van der Waals surface area contributed by atoms with Crippen LogP contribution in [0.5, 0.6) is 0 Å². The fourth-order valence-electron chi connectivity index (χ4n) is 0.565. The lowest BCUT2D eigenvalue weighted by Crippen LogP contribution is -1.89. The van der Waals surface area contributed by atoms with Crippen molar-refractivity contribution in [2.45, 2.75) is 26.7 Å². The van der Waals surface area contributed by atoms with Gasteiger partial charge < -0.3 is 0 Å². The van der Waals surface area contributed by atoms with Crippen LogP contribution in [0.25, 0.3) is 0 Å². The van der Waals surface area contributed by atoms with Crippen molar-refractivity contribution in [3.05, 3.63) is 24.3 Å². The molecule has 0 radical (unpaired) electrons. The van der Waals surface area contributed by atoms with Gasteiger partial charge in [-0.15, -0.1) is 0 Å². The van der Waals surface area contributed by atoms with Crippen LogP contribution < -0.4 is 0 Å². The van der Waals surface area contributed by atoms with Crippen molar-refractivity contribution in [1.29, 1.82) is 0 Å². The third-order valence-electron chi connectivity index (χ3n) is 1.05. The maximum Gasteiger partial charge on any atom is 0.155 e.